The van der Waals surface area contributed by atoms with Gasteiger partial charge in [-0.05, 0) is 54.3 Å². The number of benzene rings is 2. The quantitative estimate of drug-likeness (QED) is 0.510. The van der Waals surface area contributed by atoms with E-state index in [-0.39, 0.29) is 17.4 Å². The van der Waals surface area contributed by atoms with Gasteiger partial charge >= 0.3 is 0 Å². The fraction of sp³-hybridized carbons (Fsp3) is 0.174. The predicted octanol–water partition coefficient (Wildman–Crippen LogP) is 3.57. The summed E-state index contributed by atoms with van der Waals surface area (Å²) in [7, 11) is 0. The zero-order valence-corrected chi connectivity index (χ0v) is 15.6. The van der Waals surface area contributed by atoms with Gasteiger partial charge in [0.2, 0.25) is 5.91 Å². The lowest BCUT2D eigenvalue weighted by Gasteiger charge is -2.22. The number of aryl methyl sites for hydroxylation is 1. The molecule has 0 bridgehead atoms. The minimum absolute atomic E-state index is 0.188. The van der Waals surface area contributed by atoms with Crippen molar-refractivity contribution in [1.82, 2.24) is 10.2 Å². The Labute approximate surface area is 164 Å². The number of phenolic OH excluding ortho intramolecular Hbond substituents is 2. The molecule has 0 saturated heterocycles. The van der Waals surface area contributed by atoms with Crippen LogP contribution < -0.4 is 5.32 Å². The number of allylic oxidation sites excluding steroid dienone is 1. The lowest BCUT2D eigenvalue weighted by molar-refractivity contribution is -0.115. The molecule has 5 heteroatoms. The van der Waals surface area contributed by atoms with Crippen LogP contribution in [-0.4, -0.2) is 34.1 Å². The molecule has 0 atom stereocenters. The normalized spacial score (nSPS) is 13.6. The highest BCUT2D eigenvalue weighted by Crippen LogP contribution is 2.25. The average molecular weight is 376 g/mol. The molecule has 0 aliphatic carbocycles. The summed E-state index contributed by atoms with van der Waals surface area (Å²) in [5.41, 5.74) is 2.74. The molecule has 2 aromatic carbocycles. The molecule has 3 N–H and O–H groups in total. The molecular weight excluding hydrogens is 352 g/mol. The average Bonchev–Trinajstić information content (AvgIpc) is 2.71. The molecule has 5 nitrogen and oxygen atoms in total. The highest BCUT2D eigenvalue weighted by Gasteiger charge is 2.06. The minimum Gasteiger partial charge on any atom is -0.504 e. The number of nitrogens with one attached hydrogen (secondary N) is 1. The van der Waals surface area contributed by atoms with Crippen LogP contribution in [0.1, 0.15) is 17.5 Å². The number of amides is 1. The zero-order chi connectivity index (χ0) is 19.8. The molecule has 1 heterocycles. The molecule has 0 saturated carbocycles. The number of aromatic hydroxyl groups is 2. The second kappa shape index (κ2) is 9.46. The van der Waals surface area contributed by atoms with E-state index in [1.807, 2.05) is 24.4 Å². The Morgan fingerprint density at radius 2 is 1.93 bits per heavy atom. The third-order valence-electron chi connectivity index (χ3n) is 4.46. The molecule has 0 unspecified atom stereocenters. The third kappa shape index (κ3) is 5.77. The maximum Gasteiger partial charge on any atom is 0.248 e. The molecule has 2 aromatic rings. The van der Waals surface area contributed by atoms with Crippen LogP contribution in [-0.2, 0) is 11.2 Å². The van der Waals surface area contributed by atoms with Gasteiger partial charge in [-0.3, -0.25) is 4.79 Å². The Hall–Kier alpha value is -3.47. The molecule has 0 radical (unpaired) electrons. The van der Waals surface area contributed by atoms with Crippen molar-refractivity contribution in [2.24, 2.45) is 0 Å². The number of nitrogens with zero attached hydrogens (tertiary/aromatic N) is 1. The molecule has 1 aliphatic heterocycles. The van der Waals surface area contributed by atoms with Gasteiger partial charge in [-0.2, -0.15) is 0 Å². The van der Waals surface area contributed by atoms with Gasteiger partial charge in [0.1, 0.15) is 0 Å². The summed E-state index contributed by atoms with van der Waals surface area (Å²) in [6.45, 7) is 1.73. The van der Waals surface area contributed by atoms with Crippen molar-refractivity contribution in [3.63, 3.8) is 0 Å². The van der Waals surface area contributed by atoms with Crippen molar-refractivity contribution in [2.45, 2.75) is 12.8 Å². The van der Waals surface area contributed by atoms with Crippen molar-refractivity contribution in [3.05, 3.63) is 89.8 Å². The van der Waals surface area contributed by atoms with Crippen molar-refractivity contribution >= 4 is 12.0 Å². The second-order valence-electron chi connectivity index (χ2n) is 6.63. The molecule has 1 aliphatic rings. The van der Waals surface area contributed by atoms with Gasteiger partial charge in [-0.1, -0.05) is 36.4 Å². The summed E-state index contributed by atoms with van der Waals surface area (Å²) in [5, 5.41) is 21.6. The van der Waals surface area contributed by atoms with Crippen LogP contribution in [0.25, 0.3) is 6.08 Å². The largest absolute Gasteiger partial charge is 0.504 e. The standard InChI is InChI=1S/C23H24N2O3/c26-21-10-8-19(17-22(21)27)9-11-23(28)24-20-12-15-25(16-13-20)14-4-7-18-5-2-1-3-6-18/h1-3,5-6,8-13,15,17,26-27H,4,7,14,16H2,(H,24,28). The van der Waals surface area contributed by atoms with E-state index in [2.05, 4.69) is 34.5 Å². The zero-order valence-electron chi connectivity index (χ0n) is 15.6. The fourth-order valence-electron chi connectivity index (χ4n) is 2.92. The Morgan fingerprint density at radius 3 is 2.64 bits per heavy atom. The third-order valence-corrected chi connectivity index (χ3v) is 4.46. The number of phenols is 2. The van der Waals surface area contributed by atoms with Gasteiger partial charge in [-0.15, -0.1) is 0 Å². The molecule has 0 aromatic heterocycles. The van der Waals surface area contributed by atoms with Crippen LogP contribution >= 0.6 is 0 Å². The summed E-state index contributed by atoms with van der Waals surface area (Å²) in [4.78, 5) is 14.3. The summed E-state index contributed by atoms with van der Waals surface area (Å²) >= 11 is 0. The molecule has 144 valence electrons. The Balaban J connectivity index is 1.42. The number of carbonyl (C=O) groups excluding carboxylic acids is 1. The number of rotatable bonds is 7. The predicted molar refractivity (Wildman–Crippen MR) is 111 cm³/mol. The van der Waals surface area contributed by atoms with Crippen LogP contribution in [0.15, 0.2) is 78.7 Å². The van der Waals surface area contributed by atoms with Crippen molar-refractivity contribution < 1.29 is 15.0 Å². The minimum atomic E-state index is -0.249. The lowest BCUT2D eigenvalue weighted by Crippen LogP contribution is -2.26. The van der Waals surface area contributed by atoms with Crippen molar-refractivity contribution in [2.75, 3.05) is 13.1 Å². The Morgan fingerprint density at radius 1 is 1.11 bits per heavy atom. The monoisotopic (exact) mass is 376 g/mol. The molecular formula is C23H24N2O3. The van der Waals surface area contributed by atoms with E-state index < -0.39 is 0 Å². The first-order valence-corrected chi connectivity index (χ1v) is 9.27. The summed E-state index contributed by atoms with van der Waals surface area (Å²) in [6, 6.07) is 14.8. The van der Waals surface area contributed by atoms with Crippen molar-refractivity contribution in [1.29, 1.82) is 0 Å². The van der Waals surface area contributed by atoms with Crippen molar-refractivity contribution in [3.8, 4) is 11.5 Å². The van der Waals surface area contributed by atoms with Gasteiger partial charge < -0.3 is 20.4 Å². The summed E-state index contributed by atoms with van der Waals surface area (Å²) < 4.78 is 0. The van der Waals surface area contributed by atoms with Gasteiger partial charge in [0.15, 0.2) is 11.5 Å². The topological polar surface area (TPSA) is 72.8 Å². The maximum atomic E-state index is 12.0. The summed E-state index contributed by atoms with van der Waals surface area (Å²) in [5.74, 6) is -0.652. The highest BCUT2D eigenvalue weighted by molar-refractivity contribution is 5.93. The van der Waals surface area contributed by atoms with Gasteiger partial charge in [-0.25, -0.2) is 0 Å². The smallest absolute Gasteiger partial charge is 0.248 e. The summed E-state index contributed by atoms with van der Waals surface area (Å²) in [6.07, 6.45) is 11.0. The number of hydrogen-bond acceptors (Lipinski definition) is 4. The first-order chi connectivity index (χ1) is 13.6. The number of carbonyl (C=O) groups is 1. The van der Waals surface area contributed by atoms with Crippen LogP contribution in [0.5, 0.6) is 11.5 Å². The highest BCUT2D eigenvalue weighted by atomic mass is 16.3. The van der Waals surface area contributed by atoms with Crippen LogP contribution in [0.4, 0.5) is 0 Å². The number of hydrogen-bond donors (Lipinski definition) is 3. The van der Waals surface area contributed by atoms with E-state index in [1.54, 1.807) is 12.1 Å². The molecule has 0 fully saturated rings. The van der Waals surface area contributed by atoms with E-state index in [4.69, 9.17) is 0 Å². The first-order valence-electron chi connectivity index (χ1n) is 9.27. The van der Waals surface area contributed by atoms with Gasteiger partial charge in [0.25, 0.3) is 0 Å². The van der Waals surface area contributed by atoms with Crippen LogP contribution in [0.2, 0.25) is 0 Å². The van der Waals surface area contributed by atoms with E-state index in [9.17, 15) is 15.0 Å². The van der Waals surface area contributed by atoms with Gasteiger partial charge in [0, 0.05) is 31.1 Å². The molecule has 3 rings (SSSR count). The molecule has 1 amide bonds. The Bertz CT molecular complexity index is 901. The molecule has 0 spiro atoms. The van der Waals surface area contributed by atoms with E-state index in [0.29, 0.717) is 5.56 Å². The van der Waals surface area contributed by atoms with Gasteiger partial charge in [0.05, 0.1) is 0 Å². The second-order valence-corrected chi connectivity index (χ2v) is 6.63. The van der Waals surface area contributed by atoms with Crippen LogP contribution in [0.3, 0.4) is 0 Å². The van der Waals surface area contributed by atoms with E-state index >= 15 is 0 Å². The van der Waals surface area contributed by atoms with Crippen LogP contribution in [0, 0.1) is 0 Å². The fourth-order valence-corrected chi connectivity index (χ4v) is 2.92. The van der Waals surface area contributed by atoms with E-state index in [0.717, 1.165) is 31.6 Å². The first kappa shape index (κ1) is 19.3. The molecule has 28 heavy (non-hydrogen) atoms. The maximum absolute atomic E-state index is 12.0. The SMILES string of the molecule is O=C(C=Cc1ccc(O)c(O)c1)NC1=CCN(CCCc2ccccc2)C=C1. The Kier molecular flexibility index (Phi) is 6.52. The van der Waals surface area contributed by atoms with E-state index in [1.165, 1.54) is 23.8 Å². The lowest BCUT2D eigenvalue weighted by atomic mass is 10.1.